The standard InChI is InChI=1S/C29H31N7O5/c1-3-40-24-15-19(12-13-23(24)41-16-25(37)33-2)21(14-17-8-10-18(11-9-17)26(30)31)28-34-29(39)36(35-28)22-7-5-4-6-20(22)27(32)38/h4-13,15,21H,3,14,16H2,1-2H3,(H3,30,31)(H2,32,38)(H,33,37)(H,34,35,39). The van der Waals surface area contributed by atoms with Crippen molar-refractivity contribution in [2.45, 2.75) is 19.3 Å². The van der Waals surface area contributed by atoms with Crippen molar-refractivity contribution in [3.63, 3.8) is 0 Å². The number of para-hydroxylation sites is 1. The summed E-state index contributed by atoms with van der Waals surface area (Å²) in [6.45, 7) is 2.00. The molecule has 7 N–H and O–H groups in total. The third-order valence-electron chi connectivity index (χ3n) is 6.38. The maximum Gasteiger partial charge on any atom is 0.348 e. The van der Waals surface area contributed by atoms with Gasteiger partial charge in [0, 0.05) is 18.5 Å². The second-order valence-electron chi connectivity index (χ2n) is 9.08. The minimum Gasteiger partial charge on any atom is -0.490 e. The van der Waals surface area contributed by atoms with Gasteiger partial charge in [0.05, 0.1) is 17.9 Å². The minimum absolute atomic E-state index is 0.0435. The molecule has 12 heteroatoms. The molecule has 1 heterocycles. The molecule has 0 fully saturated rings. The number of nitrogens with two attached hydrogens (primary N) is 2. The molecule has 0 aliphatic rings. The molecule has 3 aromatic carbocycles. The number of ether oxygens (including phenoxy) is 2. The summed E-state index contributed by atoms with van der Waals surface area (Å²) in [6.07, 6.45) is 0.409. The van der Waals surface area contributed by atoms with E-state index in [1.165, 1.54) is 13.1 Å². The van der Waals surface area contributed by atoms with E-state index >= 15 is 0 Å². The number of aromatic amines is 1. The Morgan fingerprint density at radius 2 is 1.78 bits per heavy atom. The van der Waals surface area contributed by atoms with Crippen LogP contribution in [0.3, 0.4) is 0 Å². The fraction of sp³-hybridized carbons (Fsp3) is 0.207. The first-order valence-corrected chi connectivity index (χ1v) is 12.8. The van der Waals surface area contributed by atoms with E-state index in [1.54, 1.807) is 42.5 Å². The Morgan fingerprint density at radius 3 is 2.44 bits per heavy atom. The summed E-state index contributed by atoms with van der Waals surface area (Å²) in [7, 11) is 1.52. The highest BCUT2D eigenvalue weighted by atomic mass is 16.5. The number of H-pyrrole nitrogens is 1. The normalized spacial score (nSPS) is 11.5. The zero-order valence-corrected chi connectivity index (χ0v) is 22.6. The fourth-order valence-electron chi connectivity index (χ4n) is 4.30. The van der Waals surface area contributed by atoms with Gasteiger partial charge in [-0.05, 0) is 48.7 Å². The molecule has 41 heavy (non-hydrogen) atoms. The van der Waals surface area contributed by atoms with Crippen molar-refractivity contribution in [2.24, 2.45) is 11.5 Å². The highest BCUT2D eigenvalue weighted by Crippen LogP contribution is 2.34. The Bertz CT molecular complexity index is 1630. The topological polar surface area (TPSA) is 191 Å². The third-order valence-corrected chi connectivity index (χ3v) is 6.38. The van der Waals surface area contributed by atoms with Crippen LogP contribution in [0.2, 0.25) is 0 Å². The van der Waals surface area contributed by atoms with Crippen molar-refractivity contribution in [3.8, 4) is 17.2 Å². The van der Waals surface area contributed by atoms with Crippen LogP contribution in [-0.2, 0) is 11.2 Å². The van der Waals surface area contributed by atoms with E-state index in [0.717, 1.165) is 15.8 Å². The first-order chi connectivity index (χ1) is 19.7. The average molecular weight is 558 g/mol. The SMILES string of the molecule is CCOc1cc(C(Cc2ccc(C(=N)N)cc2)c2nn(-c3ccccc3C(N)=O)c(=O)[nH]2)ccc1OCC(=O)NC. The number of nitrogen functional groups attached to an aromatic ring is 1. The number of benzene rings is 3. The lowest BCUT2D eigenvalue weighted by molar-refractivity contribution is -0.122. The number of carbonyl (C=O) groups excluding carboxylic acids is 2. The van der Waals surface area contributed by atoms with E-state index in [2.05, 4.69) is 15.4 Å². The summed E-state index contributed by atoms with van der Waals surface area (Å²) in [4.78, 5) is 39.7. The minimum atomic E-state index is -0.687. The number of nitrogens with zero attached hydrogens (tertiary/aromatic N) is 2. The van der Waals surface area contributed by atoms with Gasteiger partial charge in [0.2, 0.25) is 0 Å². The lowest BCUT2D eigenvalue weighted by Gasteiger charge is -2.18. The van der Waals surface area contributed by atoms with Crippen LogP contribution in [0.5, 0.6) is 11.5 Å². The molecular formula is C29H31N7O5. The average Bonchev–Trinajstić information content (AvgIpc) is 3.36. The Hall–Kier alpha value is -5.39. The van der Waals surface area contributed by atoms with Crippen LogP contribution in [0.1, 0.15) is 45.7 Å². The Morgan fingerprint density at radius 1 is 1.05 bits per heavy atom. The monoisotopic (exact) mass is 557 g/mol. The van der Waals surface area contributed by atoms with Crippen molar-refractivity contribution in [2.75, 3.05) is 20.3 Å². The first kappa shape index (κ1) is 28.6. The second-order valence-corrected chi connectivity index (χ2v) is 9.08. The van der Waals surface area contributed by atoms with Gasteiger partial charge in [0.1, 0.15) is 11.7 Å². The lowest BCUT2D eigenvalue weighted by Crippen LogP contribution is -2.25. The Balaban J connectivity index is 1.80. The van der Waals surface area contributed by atoms with Gasteiger partial charge in [-0.3, -0.25) is 20.0 Å². The van der Waals surface area contributed by atoms with Gasteiger partial charge in [-0.1, -0.05) is 42.5 Å². The molecule has 0 aliphatic heterocycles. The Kier molecular flexibility index (Phi) is 8.82. The summed E-state index contributed by atoms with van der Waals surface area (Å²) in [5.41, 5.74) is 13.3. The van der Waals surface area contributed by atoms with Gasteiger partial charge >= 0.3 is 5.69 Å². The lowest BCUT2D eigenvalue weighted by atomic mass is 9.90. The molecule has 1 atom stereocenters. The number of aromatic nitrogens is 3. The molecule has 0 aliphatic carbocycles. The van der Waals surface area contributed by atoms with Crippen molar-refractivity contribution in [3.05, 3.63) is 105 Å². The van der Waals surface area contributed by atoms with Crippen molar-refractivity contribution in [1.29, 1.82) is 5.41 Å². The van der Waals surface area contributed by atoms with Crippen LogP contribution in [-0.4, -0.2) is 52.7 Å². The van der Waals surface area contributed by atoms with E-state index in [0.29, 0.717) is 35.9 Å². The number of hydrogen-bond donors (Lipinski definition) is 5. The van der Waals surface area contributed by atoms with Crippen LogP contribution in [0.25, 0.3) is 5.69 Å². The molecule has 0 spiro atoms. The van der Waals surface area contributed by atoms with Gasteiger partial charge in [-0.15, -0.1) is 5.10 Å². The molecule has 0 bridgehead atoms. The molecule has 2 amide bonds. The van der Waals surface area contributed by atoms with Crippen LogP contribution in [0.4, 0.5) is 0 Å². The summed E-state index contributed by atoms with van der Waals surface area (Å²) < 4.78 is 12.6. The van der Waals surface area contributed by atoms with Crippen LogP contribution >= 0.6 is 0 Å². The van der Waals surface area contributed by atoms with E-state index in [-0.39, 0.29) is 29.6 Å². The second kappa shape index (κ2) is 12.6. The van der Waals surface area contributed by atoms with Gasteiger partial charge in [-0.2, -0.15) is 4.68 Å². The zero-order valence-electron chi connectivity index (χ0n) is 22.6. The number of hydrogen-bond acceptors (Lipinski definition) is 7. The Labute approximate surface area is 235 Å². The molecule has 1 unspecified atom stereocenters. The number of nitrogens with one attached hydrogen (secondary N) is 3. The summed E-state index contributed by atoms with van der Waals surface area (Å²) in [5, 5.41) is 14.8. The van der Waals surface area contributed by atoms with Crippen LogP contribution < -0.4 is 31.9 Å². The maximum atomic E-state index is 13.1. The number of amidine groups is 1. The number of rotatable bonds is 12. The van der Waals surface area contributed by atoms with Gasteiger partial charge < -0.3 is 26.3 Å². The highest BCUT2D eigenvalue weighted by molar-refractivity contribution is 5.96. The van der Waals surface area contributed by atoms with Crippen LogP contribution in [0, 0.1) is 5.41 Å². The number of carbonyl (C=O) groups is 2. The summed E-state index contributed by atoms with van der Waals surface area (Å²) in [6, 6.07) is 19.0. The summed E-state index contributed by atoms with van der Waals surface area (Å²) in [5.74, 6) is -0.343. The number of amides is 2. The van der Waals surface area contributed by atoms with E-state index < -0.39 is 17.5 Å². The van der Waals surface area contributed by atoms with Gasteiger partial charge in [0.25, 0.3) is 11.8 Å². The summed E-state index contributed by atoms with van der Waals surface area (Å²) >= 11 is 0. The predicted octanol–water partition coefficient (Wildman–Crippen LogP) is 1.84. The van der Waals surface area contributed by atoms with Crippen LogP contribution in [0.15, 0.2) is 71.5 Å². The molecule has 12 nitrogen and oxygen atoms in total. The maximum absolute atomic E-state index is 13.1. The number of primary amides is 1. The molecular weight excluding hydrogens is 526 g/mol. The zero-order chi connectivity index (χ0) is 29.5. The molecule has 0 saturated carbocycles. The van der Waals surface area contributed by atoms with Crippen molar-refractivity contribution < 1.29 is 19.1 Å². The molecule has 1 aromatic heterocycles. The van der Waals surface area contributed by atoms with E-state index in [9.17, 15) is 14.4 Å². The first-order valence-electron chi connectivity index (χ1n) is 12.8. The van der Waals surface area contributed by atoms with Gasteiger partial charge in [0.15, 0.2) is 18.1 Å². The quantitative estimate of drug-likeness (QED) is 0.130. The molecule has 0 saturated heterocycles. The fourth-order valence-corrected chi connectivity index (χ4v) is 4.30. The van der Waals surface area contributed by atoms with Gasteiger partial charge in [-0.25, -0.2) is 4.79 Å². The van der Waals surface area contributed by atoms with E-state index in [4.69, 9.17) is 26.4 Å². The van der Waals surface area contributed by atoms with Crippen molar-refractivity contribution >= 4 is 17.6 Å². The molecule has 0 radical (unpaired) electrons. The third kappa shape index (κ3) is 6.61. The highest BCUT2D eigenvalue weighted by Gasteiger charge is 2.24. The molecule has 212 valence electrons. The smallest absolute Gasteiger partial charge is 0.348 e. The molecule has 4 rings (SSSR count). The van der Waals surface area contributed by atoms with Crippen molar-refractivity contribution in [1.82, 2.24) is 20.1 Å². The number of likely N-dealkylation sites (N-methyl/N-ethyl adjacent to an activating group) is 1. The largest absolute Gasteiger partial charge is 0.490 e. The molecule has 4 aromatic rings. The van der Waals surface area contributed by atoms with E-state index in [1.807, 2.05) is 25.1 Å². The predicted molar refractivity (Wildman–Crippen MR) is 153 cm³/mol.